The first-order valence-electron chi connectivity index (χ1n) is 5.21. The number of nitrogens with one attached hydrogen (secondary N) is 1. The Bertz CT molecular complexity index is 307. The molecule has 1 rings (SSSR count). The van der Waals surface area contributed by atoms with E-state index in [1.807, 2.05) is 0 Å². The predicted molar refractivity (Wildman–Crippen MR) is 61.0 cm³/mol. The molecule has 0 spiro atoms. The van der Waals surface area contributed by atoms with Crippen molar-refractivity contribution >= 4 is 5.82 Å². The number of ether oxygens (including phenoxy) is 2. The monoisotopic (exact) mass is 226 g/mol. The van der Waals surface area contributed by atoms with E-state index in [-0.39, 0.29) is 0 Å². The van der Waals surface area contributed by atoms with E-state index in [4.69, 9.17) is 15.3 Å². The molecule has 0 radical (unpaired) electrons. The van der Waals surface area contributed by atoms with Gasteiger partial charge < -0.3 is 14.9 Å². The number of nitrogens with zero attached hydrogens (tertiary/aromatic N) is 2. The molecule has 0 aromatic carbocycles. The molecule has 1 heterocycles. The molecule has 0 saturated heterocycles. The largest absolute Gasteiger partial charge is 0.475 e. The maximum absolute atomic E-state index is 5.36. The highest BCUT2D eigenvalue weighted by atomic mass is 16.5. The summed E-state index contributed by atoms with van der Waals surface area (Å²) in [5.41, 5.74) is 2.42. The van der Waals surface area contributed by atoms with Crippen LogP contribution in [0, 0.1) is 5.92 Å². The highest BCUT2D eigenvalue weighted by Crippen LogP contribution is 2.09. The smallest absolute Gasteiger partial charge is 0.218 e. The number of hydrogen-bond acceptors (Lipinski definition) is 6. The van der Waals surface area contributed by atoms with E-state index >= 15 is 0 Å². The van der Waals surface area contributed by atoms with E-state index in [1.165, 1.54) is 6.33 Å². The predicted octanol–water partition coefficient (Wildman–Crippen LogP) is 0.814. The summed E-state index contributed by atoms with van der Waals surface area (Å²) in [6.07, 6.45) is 1.39. The van der Waals surface area contributed by atoms with Gasteiger partial charge in [0.25, 0.3) is 0 Å². The van der Waals surface area contributed by atoms with Gasteiger partial charge in [0, 0.05) is 12.7 Å². The van der Waals surface area contributed by atoms with Crippen molar-refractivity contribution in [3.8, 4) is 5.88 Å². The van der Waals surface area contributed by atoms with Crippen molar-refractivity contribution in [2.24, 2.45) is 11.8 Å². The maximum atomic E-state index is 5.36. The fourth-order valence-corrected chi connectivity index (χ4v) is 1.02. The van der Waals surface area contributed by atoms with Crippen LogP contribution in [-0.2, 0) is 4.74 Å². The molecular weight excluding hydrogens is 208 g/mol. The van der Waals surface area contributed by atoms with E-state index in [0.29, 0.717) is 30.8 Å². The van der Waals surface area contributed by atoms with E-state index in [0.717, 1.165) is 6.61 Å². The number of nitrogens with two attached hydrogens (primary N) is 1. The van der Waals surface area contributed by atoms with Crippen molar-refractivity contribution in [3.63, 3.8) is 0 Å². The van der Waals surface area contributed by atoms with E-state index < -0.39 is 0 Å². The highest BCUT2D eigenvalue weighted by Gasteiger charge is 1.98. The summed E-state index contributed by atoms with van der Waals surface area (Å²) < 4.78 is 10.7. The van der Waals surface area contributed by atoms with Crippen molar-refractivity contribution in [2.75, 3.05) is 25.2 Å². The number of hydrazine groups is 1. The molecule has 0 amide bonds. The molecule has 0 fully saturated rings. The van der Waals surface area contributed by atoms with Crippen molar-refractivity contribution in [3.05, 3.63) is 12.4 Å². The quantitative estimate of drug-likeness (QED) is 0.407. The molecule has 3 N–H and O–H groups in total. The van der Waals surface area contributed by atoms with Gasteiger partial charge in [-0.1, -0.05) is 13.8 Å². The molecule has 1 aromatic heterocycles. The van der Waals surface area contributed by atoms with Gasteiger partial charge in [-0.15, -0.1) is 0 Å². The van der Waals surface area contributed by atoms with Gasteiger partial charge in [0.1, 0.15) is 18.8 Å². The molecule has 6 nitrogen and oxygen atoms in total. The minimum atomic E-state index is 0.466. The van der Waals surface area contributed by atoms with Crippen molar-refractivity contribution < 1.29 is 9.47 Å². The minimum Gasteiger partial charge on any atom is -0.475 e. The van der Waals surface area contributed by atoms with Crippen LogP contribution in [0.25, 0.3) is 0 Å². The normalized spacial score (nSPS) is 10.5. The Morgan fingerprint density at radius 2 is 2.19 bits per heavy atom. The Hall–Kier alpha value is -1.40. The van der Waals surface area contributed by atoms with Gasteiger partial charge in [-0.2, -0.15) is 0 Å². The standard InChI is InChI=1S/C10H18N4O2/c1-8(2)6-15-3-4-16-10-5-9(14-11)12-7-13-10/h5,7-8H,3-4,6,11H2,1-2H3,(H,12,13,14). The second-order valence-electron chi connectivity index (χ2n) is 3.70. The molecule has 0 bridgehead atoms. The summed E-state index contributed by atoms with van der Waals surface area (Å²) in [4.78, 5) is 7.80. The first kappa shape index (κ1) is 12.7. The third-order valence-electron chi connectivity index (χ3n) is 1.72. The fraction of sp³-hybridized carbons (Fsp3) is 0.600. The topological polar surface area (TPSA) is 82.3 Å². The number of anilines is 1. The second kappa shape index (κ2) is 6.97. The molecule has 0 unspecified atom stereocenters. The molecule has 90 valence electrons. The lowest BCUT2D eigenvalue weighted by atomic mass is 10.2. The molecule has 16 heavy (non-hydrogen) atoms. The van der Waals surface area contributed by atoms with Gasteiger partial charge in [-0.3, -0.25) is 0 Å². The molecule has 6 heteroatoms. The number of hydrogen-bond donors (Lipinski definition) is 2. The zero-order valence-electron chi connectivity index (χ0n) is 9.64. The summed E-state index contributed by atoms with van der Waals surface area (Å²) >= 11 is 0. The molecule has 1 aromatic rings. The molecule has 0 atom stereocenters. The van der Waals surface area contributed by atoms with Crippen LogP contribution in [0.2, 0.25) is 0 Å². The van der Waals surface area contributed by atoms with Crippen molar-refractivity contribution in [1.29, 1.82) is 0 Å². The van der Waals surface area contributed by atoms with Gasteiger partial charge in [0.2, 0.25) is 5.88 Å². The van der Waals surface area contributed by atoms with Crippen molar-refractivity contribution in [2.45, 2.75) is 13.8 Å². The Labute approximate surface area is 95.1 Å². The second-order valence-corrected chi connectivity index (χ2v) is 3.70. The van der Waals surface area contributed by atoms with E-state index in [9.17, 15) is 0 Å². The summed E-state index contributed by atoms with van der Waals surface area (Å²) in [5.74, 6) is 6.75. The number of aromatic nitrogens is 2. The lowest BCUT2D eigenvalue weighted by Crippen LogP contribution is -2.12. The van der Waals surface area contributed by atoms with Crippen LogP contribution in [0.1, 0.15) is 13.8 Å². The number of nitrogen functional groups attached to an aromatic ring is 1. The van der Waals surface area contributed by atoms with Gasteiger partial charge in [-0.25, -0.2) is 15.8 Å². The van der Waals surface area contributed by atoms with Crippen LogP contribution in [0.4, 0.5) is 5.82 Å². The van der Waals surface area contributed by atoms with Gasteiger partial charge in [0.15, 0.2) is 0 Å². The average Bonchev–Trinajstić information content (AvgIpc) is 2.28. The molecule has 0 aliphatic carbocycles. The lowest BCUT2D eigenvalue weighted by molar-refractivity contribution is 0.0806. The van der Waals surface area contributed by atoms with Crippen LogP contribution >= 0.6 is 0 Å². The summed E-state index contributed by atoms with van der Waals surface area (Å²) in [6.45, 7) is 5.96. The first-order chi connectivity index (χ1) is 7.72. The fourth-order valence-electron chi connectivity index (χ4n) is 1.02. The number of rotatable bonds is 7. The van der Waals surface area contributed by atoms with Gasteiger partial charge >= 0.3 is 0 Å². The Morgan fingerprint density at radius 3 is 2.88 bits per heavy atom. The van der Waals surface area contributed by atoms with Crippen LogP contribution in [0.5, 0.6) is 5.88 Å². The molecule has 0 saturated carbocycles. The first-order valence-corrected chi connectivity index (χ1v) is 5.21. The maximum Gasteiger partial charge on any atom is 0.218 e. The van der Waals surface area contributed by atoms with Gasteiger partial charge in [0.05, 0.1) is 6.61 Å². The third-order valence-corrected chi connectivity index (χ3v) is 1.72. The van der Waals surface area contributed by atoms with Crippen LogP contribution in [0.3, 0.4) is 0 Å². The summed E-state index contributed by atoms with van der Waals surface area (Å²) in [5, 5.41) is 0. The highest BCUT2D eigenvalue weighted by molar-refractivity contribution is 5.35. The summed E-state index contributed by atoms with van der Waals surface area (Å²) in [6, 6.07) is 1.63. The van der Waals surface area contributed by atoms with Crippen molar-refractivity contribution in [1.82, 2.24) is 9.97 Å². The van der Waals surface area contributed by atoms with E-state index in [1.54, 1.807) is 6.07 Å². The zero-order valence-corrected chi connectivity index (χ0v) is 9.64. The van der Waals surface area contributed by atoms with Crippen LogP contribution in [-0.4, -0.2) is 29.8 Å². The van der Waals surface area contributed by atoms with E-state index in [2.05, 4.69) is 29.2 Å². The van der Waals surface area contributed by atoms with Crippen LogP contribution in [0.15, 0.2) is 12.4 Å². The third kappa shape index (κ3) is 4.90. The van der Waals surface area contributed by atoms with Gasteiger partial charge in [-0.05, 0) is 5.92 Å². The summed E-state index contributed by atoms with van der Waals surface area (Å²) in [7, 11) is 0. The lowest BCUT2D eigenvalue weighted by Gasteiger charge is -2.08. The zero-order chi connectivity index (χ0) is 11.8. The minimum absolute atomic E-state index is 0.466. The Kier molecular flexibility index (Phi) is 5.52. The average molecular weight is 226 g/mol. The Balaban J connectivity index is 2.21. The molecule has 0 aliphatic heterocycles. The Morgan fingerprint density at radius 1 is 1.38 bits per heavy atom. The molecular formula is C10H18N4O2. The SMILES string of the molecule is CC(C)COCCOc1cc(NN)ncn1. The molecule has 0 aliphatic rings. The van der Waals surface area contributed by atoms with Crippen LogP contribution < -0.4 is 16.0 Å².